The molecule has 0 saturated heterocycles. The van der Waals surface area contributed by atoms with Gasteiger partial charge in [0, 0.05) is 25.1 Å². The van der Waals surface area contributed by atoms with Crippen LogP contribution in [0, 0.1) is 0 Å². The molecule has 0 spiro atoms. The predicted molar refractivity (Wildman–Crippen MR) is 78.0 cm³/mol. The quantitative estimate of drug-likeness (QED) is 0.839. The van der Waals surface area contributed by atoms with Gasteiger partial charge in [0.1, 0.15) is 5.82 Å². The van der Waals surface area contributed by atoms with Crippen molar-refractivity contribution in [2.75, 3.05) is 5.73 Å². The highest BCUT2D eigenvalue weighted by molar-refractivity contribution is 5.39. The average molecular weight is 258 g/mol. The highest BCUT2D eigenvalue weighted by atomic mass is 15.3. The number of anilines is 1. The summed E-state index contributed by atoms with van der Waals surface area (Å²) < 4.78 is 1.90. The Labute approximate surface area is 114 Å². The second kappa shape index (κ2) is 5.87. The molecule has 0 atom stereocenters. The molecule has 0 unspecified atom stereocenters. The van der Waals surface area contributed by atoms with Crippen LogP contribution in [0.4, 0.5) is 5.69 Å². The van der Waals surface area contributed by atoms with Crippen molar-refractivity contribution in [3.63, 3.8) is 0 Å². The SMILES string of the molecule is CC(C)c1nc(CCCc2ccc(N)cc2)n(C)n1. The number of nitrogen functional groups attached to an aromatic ring is 1. The van der Waals surface area contributed by atoms with Crippen LogP contribution in [0.2, 0.25) is 0 Å². The van der Waals surface area contributed by atoms with E-state index in [2.05, 4.69) is 36.1 Å². The normalized spacial score (nSPS) is 11.2. The van der Waals surface area contributed by atoms with Gasteiger partial charge in [0.05, 0.1) is 0 Å². The van der Waals surface area contributed by atoms with Gasteiger partial charge >= 0.3 is 0 Å². The van der Waals surface area contributed by atoms with Crippen molar-refractivity contribution in [2.45, 2.75) is 39.0 Å². The van der Waals surface area contributed by atoms with Gasteiger partial charge in [-0.05, 0) is 30.5 Å². The maximum absolute atomic E-state index is 5.68. The van der Waals surface area contributed by atoms with E-state index in [1.807, 2.05) is 23.9 Å². The smallest absolute Gasteiger partial charge is 0.153 e. The van der Waals surface area contributed by atoms with E-state index in [0.29, 0.717) is 5.92 Å². The summed E-state index contributed by atoms with van der Waals surface area (Å²) in [5.41, 5.74) is 7.81. The third-order valence-corrected chi connectivity index (χ3v) is 3.23. The molecule has 0 aliphatic heterocycles. The first-order valence-electron chi connectivity index (χ1n) is 6.80. The Kier molecular flexibility index (Phi) is 4.20. The van der Waals surface area contributed by atoms with Gasteiger partial charge in [-0.25, -0.2) is 4.98 Å². The zero-order valence-electron chi connectivity index (χ0n) is 11.9. The number of aromatic nitrogens is 3. The Morgan fingerprint density at radius 3 is 2.42 bits per heavy atom. The second-order valence-electron chi connectivity index (χ2n) is 5.26. The zero-order valence-corrected chi connectivity index (χ0v) is 11.9. The van der Waals surface area contributed by atoms with Crippen molar-refractivity contribution in [3.05, 3.63) is 41.5 Å². The molecule has 1 heterocycles. The molecule has 1 aromatic carbocycles. The van der Waals surface area contributed by atoms with Crippen LogP contribution < -0.4 is 5.73 Å². The molecular weight excluding hydrogens is 236 g/mol. The maximum atomic E-state index is 5.68. The predicted octanol–water partition coefficient (Wildman–Crippen LogP) is 2.70. The summed E-state index contributed by atoms with van der Waals surface area (Å²) in [6.07, 6.45) is 3.08. The number of rotatable bonds is 5. The van der Waals surface area contributed by atoms with Crippen LogP contribution in [0.15, 0.2) is 24.3 Å². The number of hydrogen-bond donors (Lipinski definition) is 1. The van der Waals surface area contributed by atoms with E-state index in [0.717, 1.165) is 36.6 Å². The molecule has 0 saturated carbocycles. The van der Waals surface area contributed by atoms with Gasteiger partial charge in [-0.15, -0.1) is 0 Å². The van der Waals surface area contributed by atoms with Gasteiger partial charge in [-0.1, -0.05) is 26.0 Å². The molecule has 19 heavy (non-hydrogen) atoms. The van der Waals surface area contributed by atoms with Crippen molar-refractivity contribution in [3.8, 4) is 0 Å². The molecule has 0 fully saturated rings. The summed E-state index contributed by atoms with van der Waals surface area (Å²) in [6.45, 7) is 4.24. The Hall–Kier alpha value is -1.84. The molecule has 0 amide bonds. The first-order chi connectivity index (χ1) is 9.06. The van der Waals surface area contributed by atoms with Crippen LogP contribution in [-0.2, 0) is 19.9 Å². The van der Waals surface area contributed by atoms with Crippen LogP contribution in [0.3, 0.4) is 0 Å². The van der Waals surface area contributed by atoms with Gasteiger partial charge in [0.15, 0.2) is 5.82 Å². The molecule has 102 valence electrons. The summed E-state index contributed by atoms with van der Waals surface area (Å²) in [7, 11) is 1.97. The fourth-order valence-electron chi connectivity index (χ4n) is 2.04. The van der Waals surface area contributed by atoms with Crippen molar-refractivity contribution >= 4 is 5.69 Å². The molecule has 2 aromatic rings. The van der Waals surface area contributed by atoms with Crippen LogP contribution in [0.25, 0.3) is 0 Å². The molecule has 4 heteroatoms. The van der Waals surface area contributed by atoms with E-state index < -0.39 is 0 Å². The van der Waals surface area contributed by atoms with Crippen LogP contribution in [0.1, 0.15) is 43.4 Å². The number of nitrogens with zero attached hydrogens (tertiary/aromatic N) is 3. The minimum absolute atomic E-state index is 0.386. The zero-order chi connectivity index (χ0) is 13.8. The summed E-state index contributed by atoms with van der Waals surface area (Å²) in [5, 5.41) is 4.44. The topological polar surface area (TPSA) is 56.7 Å². The Morgan fingerprint density at radius 1 is 1.16 bits per heavy atom. The van der Waals surface area contributed by atoms with Crippen molar-refractivity contribution in [1.82, 2.24) is 14.8 Å². The summed E-state index contributed by atoms with van der Waals surface area (Å²) in [5.74, 6) is 2.39. The van der Waals surface area contributed by atoms with Gasteiger partial charge in [0.2, 0.25) is 0 Å². The number of aryl methyl sites for hydroxylation is 3. The van der Waals surface area contributed by atoms with Crippen molar-refractivity contribution in [2.24, 2.45) is 7.05 Å². The summed E-state index contributed by atoms with van der Waals surface area (Å²) in [6, 6.07) is 8.08. The first-order valence-corrected chi connectivity index (χ1v) is 6.80. The first kappa shape index (κ1) is 13.6. The number of nitrogens with two attached hydrogens (primary N) is 1. The lowest BCUT2D eigenvalue weighted by molar-refractivity contribution is 0.661. The lowest BCUT2D eigenvalue weighted by atomic mass is 10.1. The third-order valence-electron chi connectivity index (χ3n) is 3.23. The van der Waals surface area contributed by atoms with Crippen LogP contribution in [0.5, 0.6) is 0 Å². The van der Waals surface area contributed by atoms with Gasteiger partial charge in [-0.2, -0.15) is 5.10 Å². The van der Waals surface area contributed by atoms with Crippen LogP contribution in [-0.4, -0.2) is 14.8 Å². The van der Waals surface area contributed by atoms with E-state index >= 15 is 0 Å². The largest absolute Gasteiger partial charge is 0.399 e. The lowest BCUT2D eigenvalue weighted by Crippen LogP contribution is -2.00. The minimum atomic E-state index is 0.386. The number of benzene rings is 1. The molecular formula is C15H22N4. The minimum Gasteiger partial charge on any atom is -0.399 e. The van der Waals surface area contributed by atoms with Crippen molar-refractivity contribution < 1.29 is 0 Å². The Balaban J connectivity index is 1.90. The highest BCUT2D eigenvalue weighted by Crippen LogP contribution is 2.12. The average Bonchev–Trinajstić information content (AvgIpc) is 2.74. The summed E-state index contributed by atoms with van der Waals surface area (Å²) in [4.78, 5) is 4.59. The monoisotopic (exact) mass is 258 g/mol. The molecule has 0 aliphatic rings. The second-order valence-corrected chi connectivity index (χ2v) is 5.26. The third kappa shape index (κ3) is 3.56. The van der Waals surface area contributed by atoms with Crippen LogP contribution >= 0.6 is 0 Å². The Bertz CT molecular complexity index is 526. The molecule has 2 N–H and O–H groups in total. The number of hydrogen-bond acceptors (Lipinski definition) is 3. The Morgan fingerprint density at radius 2 is 1.84 bits per heavy atom. The van der Waals surface area contributed by atoms with Crippen molar-refractivity contribution in [1.29, 1.82) is 0 Å². The van der Waals surface area contributed by atoms with E-state index in [4.69, 9.17) is 5.73 Å². The standard InChI is InChI=1S/C15H22N4/c1-11(2)15-17-14(19(3)18-15)6-4-5-12-7-9-13(16)10-8-12/h7-11H,4-6,16H2,1-3H3. The van der Waals surface area contributed by atoms with E-state index in [1.54, 1.807) is 0 Å². The van der Waals surface area contributed by atoms with E-state index in [-0.39, 0.29) is 0 Å². The summed E-state index contributed by atoms with van der Waals surface area (Å²) >= 11 is 0. The fraction of sp³-hybridized carbons (Fsp3) is 0.467. The lowest BCUT2D eigenvalue weighted by Gasteiger charge is -2.02. The molecule has 4 nitrogen and oxygen atoms in total. The molecule has 0 radical (unpaired) electrons. The fourth-order valence-corrected chi connectivity index (χ4v) is 2.04. The van der Waals surface area contributed by atoms with Gasteiger partial charge in [-0.3, -0.25) is 4.68 Å². The molecule has 2 rings (SSSR count). The van der Waals surface area contributed by atoms with Gasteiger partial charge < -0.3 is 5.73 Å². The highest BCUT2D eigenvalue weighted by Gasteiger charge is 2.09. The maximum Gasteiger partial charge on any atom is 0.153 e. The molecule has 0 aliphatic carbocycles. The molecule has 1 aromatic heterocycles. The van der Waals surface area contributed by atoms with Gasteiger partial charge in [0.25, 0.3) is 0 Å². The van der Waals surface area contributed by atoms with E-state index in [1.165, 1.54) is 5.56 Å². The van der Waals surface area contributed by atoms with E-state index in [9.17, 15) is 0 Å². The molecule has 0 bridgehead atoms.